The van der Waals surface area contributed by atoms with Crippen molar-refractivity contribution in [3.63, 3.8) is 0 Å². The van der Waals surface area contributed by atoms with Crippen molar-refractivity contribution in [2.45, 2.75) is 125 Å². The van der Waals surface area contributed by atoms with Crippen molar-refractivity contribution in [1.82, 2.24) is 49.3 Å². The molecular formula is C60H68Cl2F2N12O3. The standard InChI is InChI=1S/C30H34ClFN6O.C18H24N4.C12H10ClFN2O2/c1-19(2)38-17-23(28(39)26-13-27(32)29(31)35-30(26)38)16-37(15-22-9-10-33-21(4)12-22)25-6-5-11-36(18-25)24-8-7-20(3)34-14-24;1-14-5-6-18(12-20-14)22-9-3-4-17(13-22)21-11-16-7-8-19-15(2)10-16;1-6(2)16-4-7(5-17)10(18)8-3-9(14)11(13)15-12(8)16/h7-10,12-14,17,19,25H,5-6,11,15-16,18H2,1-4H3;5-8,10,12,17,21H,3-4,9,11,13H2,1-2H3;3-6H,1-2H3/t25-;17-;/m00./s1. The van der Waals surface area contributed by atoms with Crippen LogP contribution in [0.3, 0.4) is 0 Å². The number of hydrogen-bond acceptors (Lipinski definition) is 13. The second-order valence-corrected chi connectivity index (χ2v) is 21.7. The minimum absolute atomic E-state index is 0.0105. The Morgan fingerprint density at radius 3 is 1.73 bits per heavy atom. The topological polar surface area (TPSA) is 160 Å². The minimum Gasteiger partial charge on any atom is -0.369 e. The van der Waals surface area contributed by atoms with Crippen LogP contribution in [0, 0.1) is 39.3 Å². The molecule has 0 bridgehead atoms. The highest BCUT2D eigenvalue weighted by Crippen LogP contribution is 2.28. The van der Waals surface area contributed by atoms with Crippen molar-refractivity contribution in [3.05, 3.63) is 185 Å². The molecule has 2 aliphatic heterocycles. The Morgan fingerprint density at radius 2 is 1.19 bits per heavy atom. The zero-order valence-electron chi connectivity index (χ0n) is 46.1. The average Bonchev–Trinajstić information content (AvgIpc) is 3.48. The molecule has 2 fully saturated rings. The number of piperidine rings is 2. The fourth-order valence-corrected chi connectivity index (χ4v) is 10.4. The van der Waals surface area contributed by atoms with Crippen LogP contribution in [0.5, 0.6) is 0 Å². The van der Waals surface area contributed by atoms with Crippen molar-refractivity contribution in [2.24, 2.45) is 0 Å². The van der Waals surface area contributed by atoms with Gasteiger partial charge in [0.05, 0.1) is 40.1 Å². The summed E-state index contributed by atoms with van der Waals surface area (Å²) in [7, 11) is 0. The molecular weight excluding hydrogens is 1050 g/mol. The van der Waals surface area contributed by atoms with Gasteiger partial charge in [-0.25, -0.2) is 18.7 Å². The van der Waals surface area contributed by atoms with Gasteiger partial charge < -0.3 is 24.3 Å². The number of fused-ring (bicyclic) bond motifs is 2. The first-order valence-corrected chi connectivity index (χ1v) is 27.5. The number of nitrogens with zero attached hydrogens (tertiary/aromatic N) is 11. The normalized spacial score (nSPS) is 15.6. The molecule has 2 aliphatic rings. The molecule has 8 aromatic rings. The number of nitrogens with one attached hydrogen (secondary N) is 1. The van der Waals surface area contributed by atoms with Gasteiger partial charge in [-0.3, -0.25) is 39.2 Å². The lowest BCUT2D eigenvalue weighted by Gasteiger charge is -2.40. The van der Waals surface area contributed by atoms with Crippen molar-refractivity contribution < 1.29 is 13.6 Å². The molecule has 414 valence electrons. The smallest absolute Gasteiger partial charge is 0.201 e. The van der Waals surface area contributed by atoms with Gasteiger partial charge in [0.15, 0.2) is 33.7 Å². The van der Waals surface area contributed by atoms with E-state index in [1.165, 1.54) is 36.4 Å². The molecule has 0 unspecified atom stereocenters. The number of carbonyl (C=O) groups excluding carboxylic acids is 1. The van der Waals surface area contributed by atoms with Crippen molar-refractivity contribution in [2.75, 3.05) is 36.0 Å². The van der Waals surface area contributed by atoms with Crippen LogP contribution in [-0.4, -0.2) is 88.5 Å². The third-order valence-electron chi connectivity index (χ3n) is 14.3. The van der Waals surface area contributed by atoms with E-state index >= 15 is 0 Å². The summed E-state index contributed by atoms with van der Waals surface area (Å²) in [6.45, 7) is 21.8. The molecule has 19 heteroatoms. The van der Waals surface area contributed by atoms with Gasteiger partial charge in [-0.1, -0.05) is 23.2 Å². The van der Waals surface area contributed by atoms with Gasteiger partial charge in [0.1, 0.15) is 11.3 Å². The van der Waals surface area contributed by atoms with Crippen LogP contribution in [0.1, 0.15) is 115 Å². The van der Waals surface area contributed by atoms with E-state index in [4.69, 9.17) is 23.2 Å². The largest absolute Gasteiger partial charge is 0.369 e. The number of aldehydes is 1. The maximum atomic E-state index is 14.4. The van der Waals surface area contributed by atoms with E-state index in [0.717, 1.165) is 85.7 Å². The van der Waals surface area contributed by atoms with Gasteiger partial charge >= 0.3 is 0 Å². The van der Waals surface area contributed by atoms with Crippen LogP contribution in [0.4, 0.5) is 20.2 Å². The third kappa shape index (κ3) is 14.6. The fraction of sp³-hybridized carbons (Fsp3) is 0.383. The second-order valence-electron chi connectivity index (χ2n) is 21.0. The van der Waals surface area contributed by atoms with E-state index in [2.05, 4.69) is 86.3 Å². The summed E-state index contributed by atoms with van der Waals surface area (Å²) in [6.07, 6.45) is 15.9. The number of rotatable bonds is 13. The summed E-state index contributed by atoms with van der Waals surface area (Å²) in [5, 5.41) is 3.46. The lowest BCUT2D eigenvalue weighted by Crippen LogP contribution is -2.48. The minimum atomic E-state index is -0.778. The Balaban J connectivity index is 0.000000173. The van der Waals surface area contributed by atoms with Crippen LogP contribution >= 0.6 is 23.2 Å². The van der Waals surface area contributed by atoms with Crippen molar-refractivity contribution >= 4 is 62.9 Å². The highest BCUT2D eigenvalue weighted by Gasteiger charge is 2.28. The summed E-state index contributed by atoms with van der Waals surface area (Å²) in [5.41, 5.74) is 9.39. The second kappa shape index (κ2) is 26.3. The molecule has 0 amide bonds. The van der Waals surface area contributed by atoms with E-state index in [1.807, 2.05) is 103 Å². The Hall–Kier alpha value is -7.05. The first-order chi connectivity index (χ1) is 37.8. The lowest BCUT2D eigenvalue weighted by atomic mass is 10.0. The summed E-state index contributed by atoms with van der Waals surface area (Å²) >= 11 is 11.6. The SMILES string of the molecule is CC(C)n1cc(C=O)c(=O)c2cc(F)c(Cl)nc21.Cc1ccc(N2CCC[C@H](N(Cc3ccnc(C)c3)Cc3cn(C(C)C)c4nc(Cl)c(F)cc4c3=O)C2)cn1.Cc1ccc(N2CCC[C@H](NCc3ccnc(C)c3)C2)cn1. The molecule has 15 nitrogen and oxygen atoms in total. The first-order valence-electron chi connectivity index (χ1n) is 26.8. The third-order valence-corrected chi connectivity index (χ3v) is 14.8. The first kappa shape index (κ1) is 58.1. The maximum Gasteiger partial charge on any atom is 0.201 e. The van der Waals surface area contributed by atoms with E-state index in [-0.39, 0.29) is 55.8 Å². The van der Waals surface area contributed by atoms with Gasteiger partial charge in [0.25, 0.3) is 0 Å². The van der Waals surface area contributed by atoms with Gasteiger partial charge in [-0.2, -0.15) is 0 Å². The number of halogens is 4. The maximum absolute atomic E-state index is 14.4. The molecule has 1 N–H and O–H groups in total. The number of hydrogen-bond donors (Lipinski definition) is 1. The van der Waals surface area contributed by atoms with Crippen LogP contribution in [0.25, 0.3) is 22.1 Å². The molecule has 0 spiro atoms. The van der Waals surface area contributed by atoms with E-state index in [0.29, 0.717) is 36.6 Å². The Morgan fingerprint density at radius 1 is 0.658 bits per heavy atom. The molecule has 0 radical (unpaired) electrons. The Labute approximate surface area is 469 Å². The molecule has 2 saturated heterocycles. The monoisotopic (exact) mass is 1110 g/mol. The van der Waals surface area contributed by atoms with Gasteiger partial charge in [-0.05, 0) is 153 Å². The highest BCUT2D eigenvalue weighted by molar-refractivity contribution is 6.30. The van der Waals surface area contributed by atoms with Crippen LogP contribution in [-0.2, 0) is 19.6 Å². The van der Waals surface area contributed by atoms with E-state index in [9.17, 15) is 23.2 Å². The van der Waals surface area contributed by atoms with Crippen LogP contribution in [0.2, 0.25) is 10.3 Å². The number of pyridine rings is 8. The predicted molar refractivity (Wildman–Crippen MR) is 311 cm³/mol. The molecule has 0 aliphatic carbocycles. The molecule has 79 heavy (non-hydrogen) atoms. The summed E-state index contributed by atoms with van der Waals surface area (Å²) in [6, 6.07) is 19.7. The molecule has 10 heterocycles. The Bertz CT molecular complexity index is 3540. The number of carbonyl (C=O) groups is 1. The van der Waals surface area contributed by atoms with E-state index in [1.54, 1.807) is 4.57 Å². The fourth-order valence-electron chi connectivity index (χ4n) is 10.1. The molecule has 2 atom stereocenters. The predicted octanol–water partition coefficient (Wildman–Crippen LogP) is 11.3. The zero-order valence-corrected chi connectivity index (χ0v) is 47.6. The lowest BCUT2D eigenvalue weighted by molar-refractivity contribution is 0.112. The summed E-state index contributed by atoms with van der Waals surface area (Å²) < 4.78 is 31.3. The number of aryl methyl sites for hydroxylation is 4. The van der Waals surface area contributed by atoms with Gasteiger partial charge in [-0.15, -0.1) is 0 Å². The zero-order chi connectivity index (χ0) is 56.5. The molecule has 0 aromatic carbocycles. The van der Waals surface area contributed by atoms with Crippen LogP contribution < -0.4 is 26.0 Å². The summed E-state index contributed by atoms with van der Waals surface area (Å²) in [5.74, 6) is -1.47. The molecule has 8 aromatic heterocycles. The van der Waals surface area contributed by atoms with Gasteiger partial charge in [0, 0.05) is 123 Å². The molecule has 10 rings (SSSR count). The Kier molecular flexibility index (Phi) is 19.3. The quantitative estimate of drug-likeness (QED) is 0.0859. The average molecular weight is 1110 g/mol. The molecule has 0 saturated carbocycles. The number of anilines is 2. The van der Waals surface area contributed by atoms with Crippen molar-refractivity contribution in [1.29, 1.82) is 0 Å². The van der Waals surface area contributed by atoms with E-state index < -0.39 is 17.1 Å². The highest BCUT2D eigenvalue weighted by atomic mass is 35.5. The number of aromatic nitrogens is 8. The summed E-state index contributed by atoms with van der Waals surface area (Å²) in [4.78, 5) is 69.2. The van der Waals surface area contributed by atoms with Crippen LogP contribution in [0.15, 0.2) is 107 Å². The van der Waals surface area contributed by atoms with Gasteiger partial charge in [0.2, 0.25) is 5.43 Å². The van der Waals surface area contributed by atoms with Crippen molar-refractivity contribution in [3.8, 4) is 0 Å².